The Kier molecular flexibility index (Phi) is 6.57. The Hall–Kier alpha value is -3.50. The Morgan fingerprint density at radius 1 is 1.21 bits per heavy atom. The predicted octanol–water partition coefficient (Wildman–Crippen LogP) is 5.03. The Bertz CT molecular complexity index is 1370. The number of amides is 1. The minimum atomic E-state index is -3.01. The van der Waals surface area contributed by atoms with Gasteiger partial charge in [-0.25, -0.2) is 4.98 Å². The second-order valence-electron chi connectivity index (χ2n) is 6.80. The van der Waals surface area contributed by atoms with Gasteiger partial charge in [0.1, 0.15) is 22.7 Å². The quantitative estimate of drug-likeness (QED) is 0.392. The highest BCUT2D eigenvalue weighted by molar-refractivity contribution is 7.22. The lowest BCUT2D eigenvalue weighted by molar-refractivity contribution is -0.116. The Morgan fingerprint density at radius 3 is 2.64 bits per heavy atom. The van der Waals surface area contributed by atoms with E-state index in [0.717, 1.165) is 16.2 Å². The minimum Gasteiger partial charge on any atom is -0.497 e. The molecule has 170 valence electrons. The van der Waals surface area contributed by atoms with Gasteiger partial charge in [0, 0.05) is 10.6 Å². The average molecular weight is 492 g/mol. The fraction of sp³-hybridized carbons (Fsp3) is 0.136. The zero-order chi connectivity index (χ0) is 23.5. The minimum absolute atomic E-state index is 0.0852. The number of hydrogen-bond donors (Lipinski definition) is 1. The largest absolute Gasteiger partial charge is 0.497 e. The van der Waals surface area contributed by atoms with Crippen LogP contribution in [0.15, 0.2) is 59.7 Å². The predicted molar refractivity (Wildman–Crippen MR) is 123 cm³/mol. The summed E-state index contributed by atoms with van der Waals surface area (Å²) in [6, 6.07) is 13.1. The van der Waals surface area contributed by atoms with Crippen LogP contribution >= 0.6 is 22.9 Å². The Balaban J connectivity index is 1.51. The van der Waals surface area contributed by atoms with E-state index in [9.17, 15) is 18.4 Å². The van der Waals surface area contributed by atoms with Crippen LogP contribution in [0.5, 0.6) is 11.5 Å². The van der Waals surface area contributed by atoms with Crippen LogP contribution in [0.25, 0.3) is 20.7 Å². The molecule has 0 bridgehead atoms. The summed E-state index contributed by atoms with van der Waals surface area (Å²) in [6.07, 6.45) is 1.31. The van der Waals surface area contributed by atoms with E-state index < -0.39 is 12.5 Å². The molecule has 0 saturated heterocycles. The number of benzene rings is 2. The molecule has 4 rings (SSSR count). The molecule has 4 aromatic rings. The van der Waals surface area contributed by atoms with Crippen molar-refractivity contribution in [1.29, 1.82) is 0 Å². The van der Waals surface area contributed by atoms with Crippen molar-refractivity contribution < 1.29 is 23.0 Å². The standard InChI is InChI=1S/C22H16ClF2N3O4S/c1-31-14-5-2-12(3-6-14)18-9-16-20(33-18)21(30)28(11-26-16)10-19(29)27-13-4-7-17(15(23)8-13)32-22(24)25/h2-9,11,22H,10H2,1H3,(H,27,29). The Labute approximate surface area is 195 Å². The number of thiophene rings is 1. The SMILES string of the molecule is COc1ccc(-c2cc3ncn(CC(=O)Nc4ccc(OC(F)F)c(Cl)c4)c(=O)c3s2)cc1. The van der Waals surface area contributed by atoms with Crippen molar-refractivity contribution in [1.82, 2.24) is 9.55 Å². The van der Waals surface area contributed by atoms with Gasteiger partial charge in [-0.05, 0) is 54.1 Å². The van der Waals surface area contributed by atoms with E-state index in [2.05, 4.69) is 15.0 Å². The number of aromatic nitrogens is 2. The summed E-state index contributed by atoms with van der Waals surface area (Å²) in [5.41, 5.74) is 1.37. The number of anilines is 1. The maximum atomic E-state index is 12.9. The van der Waals surface area contributed by atoms with Crippen molar-refractivity contribution >= 4 is 44.7 Å². The molecule has 2 aromatic carbocycles. The second kappa shape index (κ2) is 9.55. The van der Waals surface area contributed by atoms with Crippen LogP contribution < -0.4 is 20.3 Å². The van der Waals surface area contributed by atoms with Crippen LogP contribution in [0.2, 0.25) is 5.02 Å². The summed E-state index contributed by atoms with van der Waals surface area (Å²) in [5.74, 6) is 0.00787. The van der Waals surface area contributed by atoms with Crippen LogP contribution in [0.1, 0.15) is 0 Å². The van der Waals surface area contributed by atoms with Gasteiger partial charge in [0.15, 0.2) is 0 Å². The highest BCUT2D eigenvalue weighted by atomic mass is 35.5. The summed E-state index contributed by atoms with van der Waals surface area (Å²) in [5, 5.41) is 2.48. The third-order valence-electron chi connectivity index (χ3n) is 4.62. The first-order chi connectivity index (χ1) is 15.8. The van der Waals surface area contributed by atoms with Crippen LogP contribution in [-0.2, 0) is 11.3 Å². The molecule has 0 atom stereocenters. The van der Waals surface area contributed by atoms with Crippen molar-refractivity contribution in [2.24, 2.45) is 0 Å². The van der Waals surface area contributed by atoms with Gasteiger partial charge in [0.2, 0.25) is 5.91 Å². The van der Waals surface area contributed by atoms with E-state index in [1.165, 1.54) is 40.4 Å². The van der Waals surface area contributed by atoms with E-state index in [1.54, 1.807) is 7.11 Å². The molecule has 1 N–H and O–H groups in total. The van der Waals surface area contributed by atoms with E-state index in [4.69, 9.17) is 16.3 Å². The molecule has 0 saturated carbocycles. The van der Waals surface area contributed by atoms with Gasteiger partial charge >= 0.3 is 6.61 Å². The van der Waals surface area contributed by atoms with Gasteiger partial charge in [0.05, 0.1) is 24.0 Å². The Morgan fingerprint density at radius 2 is 1.97 bits per heavy atom. The van der Waals surface area contributed by atoms with Gasteiger partial charge in [-0.3, -0.25) is 14.2 Å². The van der Waals surface area contributed by atoms with Crippen LogP contribution in [0.4, 0.5) is 14.5 Å². The summed E-state index contributed by atoms with van der Waals surface area (Å²) in [6.45, 7) is -3.30. The van der Waals surface area contributed by atoms with E-state index >= 15 is 0 Å². The molecule has 0 aliphatic heterocycles. The number of carbonyl (C=O) groups is 1. The van der Waals surface area contributed by atoms with Crippen molar-refractivity contribution in [3.63, 3.8) is 0 Å². The summed E-state index contributed by atoms with van der Waals surface area (Å²) in [4.78, 5) is 30.5. The van der Waals surface area contributed by atoms with Crippen molar-refractivity contribution in [3.8, 4) is 21.9 Å². The third kappa shape index (κ3) is 5.12. The first-order valence-corrected chi connectivity index (χ1v) is 10.7. The fourth-order valence-electron chi connectivity index (χ4n) is 3.08. The zero-order valence-corrected chi connectivity index (χ0v) is 18.6. The summed E-state index contributed by atoms with van der Waals surface area (Å²) < 4.78 is 35.7. The first kappa shape index (κ1) is 22.7. The number of nitrogens with zero attached hydrogens (tertiary/aromatic N) is 2. The summed E-state index contributed by atoms with van der Waals surface area (Å²) >= 11 is 7.18. The normalized spacial score (nSPS) is 11.1. The molecule has 0 radical (unpaired) electrons. The first-order valence-electron chi connectivity index (χ1n) is 9.51. The van der Waals surface area contributed by atoms with Gasteiger partial charge in [-0.15, -0.1) is 11.3 Å². The van der Waals surface area contributed by atoms with Crippen LogP contribution in [0, 0.1) is 0 Å². The van der Waals surface area contributed by atoms with Crippen molar-refractivity contribution in [2.75, 3.05) is 12.4 Å². The smallest absolute Gasteiger partial charge is 0.387 e. The number of rotatable bonds is 7. The molecule has 0 fully saturated rings. The van der Waals surface area contributed by atoms with E-state index in [-0.39, 0.29) is 28.6 Å². The zero-order valence-electron chi connectivity index (χ0n) is 17.1. The van der Waals surface area contributed by atoms with Crippen molar-refractivity contribution in [2.45, 2.75) is 13.2 Å². The third-order valence-corrected chi connectivity index (χ3v) is 6.08. The number of nitrogens with one attached hydrogen (secondary N) is 1. The number of halogens is 3. The molecule has 2 heterocycles. The summed E-state index contributed by atoms with van der Waals surface area (Å²) in [7, 11) is 1.59. The maximum absolute atomic E-state index is 12.9. The van der Waals surface area contributed by atoms with E-state index in [0.29, 0.717) is 10.2 Å². The number of hydrogen-bond acceptors (Lipinski definition) is 6. The highest BCUT2D eigenvalue weighted by Crippen LogP contribution is 2.32. The molecular formula is C22H16ClF2N3O4S. The van der Waals surface area contributed by atoms with Gasteiger partial charge in [0.25, 0.3) is 5.56 Å². The van der Waals surface area contributed by atoms with Gasteiger partial charge < -0.3 is 14.8 Å². The lowest BCUT2D eigenvalue weighted by Crippen LogP contribution is -2.27. The lowest BCUT2D eigenvalue weighted by atomic mass is 10.2. The highest BCUT2D eigenvalue weighted by Gasteiger charge is 2.14. The molecule has 0 spiro atoms. The van der Waals surface area contributed by atoms with Crippen LogP contribution in [0.3, 0.4) is 0 Å². The van der Waals surface area contributed by atoms with Crippen molar-refractivity contribution in [3.05, 3.63) is 70.2 Å². The fourth-order valence-corrected chi connectivity index (χ4v) is 4.37. The van der Waals surface area contributed by atoms with Crippen LogP contribution in [-0.4, -0.2) is 29.2 Å². The molecule has 0 unspecified atom stereocenters. The van der Waals surface area contributed by atoms with Gasteiger partial charge in [-0.1, -0.05) is 11.6 Å². The monoisotopic (exact) mass is 491 g/mol. The molecule has 33 heavy (non-hydrogen) atoms. The molecule has 7 nitrogen and oxygen atoms in total. The maximum Gasteiger partial charge on any atom is 0.387 e. The number of fused-ring (bicyclic) bond motifs is 1. The number of methoxy groups -OCH3 is 1. The molecule has 1 amide bonds. The topological polar surface area (TPSA) is 82.5 Å². The number of ether oxygens (including phenoxy) is 2. The molecule has 2 aromatic heterocycles. The molecule has 0 aliphatic rings. The van der Waals surface area contributed by atoms with Gasteiger partial charge in [-0.2, -0.15) is 8.78 Å². The molecular weight excluding hydrogens is 476 g/mol. The second-order valence-corrected chi connectivity index (χ2v) is 8.26. The number of alkyl halides is 2. The van der Waals surface area contributed by atoms with E-state index in [1.807, 2.05) is 30.3 Å². The average Bonchev–Trinajstić information content (AvgIpc) is 3.23. The number of carbonyl (C=O) groups excluding carboxylic acids is 1. The molecule has 0 aliphatic carbocycles. The lowest BCUT2D eigenvalue weighted by Gasteiger charge is -2.10. The molecule has 11 heteroatoms.